The maximum atomic E-state index is 14.3. The van der Waals surface area contributed by atoms with Gasteiger partial charge in [0, 0.05) is 30.4 Å². The van der Waals surface area contributed by atoms with Crippen LogP contribution in [0.25, 0.3) is 0 Å². The van der Waals surface area contributed by atoms with E-state index in [2.05, 4.69) is 5.32 Å². The monoisotopic (exact) mass is 416 g/mol. The summed E-state index contributed by atoms with van der Waals surface area (Å²) >= 11 is 0. The number of nitrogens with one attached hydrogen (secondary N) is 1. The molecular weight excluding hydrogens is 394 g/mol. The Morgan fingerprint density at radius 2 is 1.50 bits per heavy atom. The van der Waals surface area contributed by atoms with Crippen molar-refractivity contribution in [2.45, 2.75) is 40.0 Å². The van der Waals surface area contributed by atoms with Crippen molar-refractivity contribution in [2.24, 2.45) is 5.41 Å². The largest absolute Gasteiger partial charge is 0.457 e. The Hall–Kier alpha value is -3.29. The maximum absolute atomic E-state index is 14.3. The van der Waals surface area contributed by atoms with Gasteiger partial charge < -0.3 is 10.1 Å². The SMILES string of the molecule is CC(C)(C)C(=O)Nc1c(F)cc(Oc2ccc(N3C(=O)CCCC3=O)cc2)cc1F. The minimum atomic E-state index is -0.969. The molecule has 3 rings (SSSR count). The zero-order chi connectivity index (χ0) is 22.1. The molecule has 1 aliphatic heterocycles. The van der Waals surface area contributed by atoms with Gasteiger partial charge in [-0.2, -0.15) is 0 Å². The van der Waals surface area contributed by atoms with Gasteiger partial charge in [-0.15, -0.1) is 0 Å². The molecule has 30 heavy (non-hydrogen) atoms. The van der Waals surface area contributed by atoms with Gasteiger partial charge in [-0.05, 0) is 30.7 Å². The van der Waals surface area contributed by atoms with E-state index in [9.17, 15) is 23.2 Å². The molecule has 0 saturated carbocycles. The Kier molecular flexibility index (Phi) is 5.87. The van der Waals surface area contributed by atoms with Crippen LogP contribution in [0.2, 0.25) is 0 Å². The second-order valence-electron chi connectivity index (χ2n) is 8.04. The minimum absolute atomic E-state index is 0.100. The van der Waals surface area contributed by atoms with Crippen LogP contribution in [0, 0.1) is 17.0 Å². The van der Waals surface area contributed by atoms with Crippen molar-refractivity contribution in [2.75, 3.05) is 10.2 Å². The molecule has 1 aliphatic rings. The van der Waals surface area contributed by atoms with Crippen molar-refractivity contribution in [1.82, 2.24) is 0 Å². The quantitative estimate of drug-likeness (QED) is 0.728. The summed E-state index contributed by atoms with van der Waals surface area (Å²) in [6, 6.07) is 7.98. The van der Waals surface area contributed by atoms with Crippen LogP contribution in [-0.2, 0) is 14.4 Å². The number of nitrogens with zero attached hydrogens (tertiary/aromatic N) is 1. The van der Waals surface area contributed by atoms with E-state index < -0.39 is 28.6 Å². The van der Waals surface area contributed by atoms with Gasteiger partial charge in [-0.25, -0.2) is 8.78 Å². The Morgan fingerprint density at radius 3 is 2.00 bits per heavy atom. The zero-order valence-corrected chi connectivity index (χ0v) is 16.9. The van der Waals surface area contributed by atoms with E-state index in [0.29, 0.717) is 24.9 Å². The first-order valence-electron chi connectivity index (χ1n) is 9.50. The molecule has 0 radical (unpaired) electrons. The van der Waals surface area contributed by atoms with E-state index >= 15 is 0 Å². The number of halogens is 2. The van der Waals surface area contributed by atoms with Crippen molar-refractivity contribution in [3.63, 3.8) is 0 Å². The van der Waals surface area contributed by atoms with Crippen molar-refractivity contribution < 1.29 is 27.9 Å². The average Bonchev–Trinajstić information content (AvgIpc) is 2.65. The maximum Gasteiger partial charge on any atom is 0.233 e. The molecule has 6 nitrogen and oxygen atoms in total. The molecule has 1 heterocycles. The van der Waals surface area contributed by atoms with Gasteiger partial charge in [0.15, 0.2) is 11.6 Å². The summed E-state index contributed by atoms with van der Waals surface area (Å²) in [5.74, 6) is -2.83. The normalized spacial score (nSPS) is 14.6. The molecule has 0 spiro atoms. The molecule has 1 N–H and O–H groups in total. The van der Waals surface area contributed by atoms with Crippen LogP contribution < -0.4 is 15.0 Å². The number of hydrogen-bond donors (Lipinski definition) is 1. The van der Waals surface area contributed by atoms with Crippen LogP contribution >= 0.6 is 0 Å². The van der Waals surface area contributed by atoms with Crippen LogP contribution in [0.15, 0.2) is 36.4 Å². The fourth-order valence-electron chi connectivity index (χ4n) is 2.87. The molecule has 2 aromatic rings. The molecule has 0 bridgehead atoms. The number of imide groups is 1. The third kappa shape index (κ3) is 4.64. The average molecular weight is 416 g/mol. The van der Waals surface area contributed by atoms with E-state index in [-0.39, 0.29) is 23.3 Å². The fourth-order valence-corrected chi connectivity index (χ4v) is 2.87. The van der Waals surface area contributed by atoms with Gasteiger partial charge >= 0.3 is 0 Å². The Morgan fingerprint density at radius 1 is 0.967 bits per heavy atom. The number of amides is 3. The number of ether oxygens (including phenoxy) is 1. The predicted molar refractivity (Wildman–Crippen MR) is 107 cm³/mol. The standard InChI is InChI=1S/C22H22F2N2O4/c1-22(2,3)21(29)25-20-16(23)11-15(12-17(20)24)30-14-9-7-13(8-10-14)26-18(27)5-4-6-19(26)28/h7-12H,4-6H2,1-3H3,(H,25,29). The lowest BCUT2D eigenvalue weighted by Gasteiger charge is -2.24. The Labute approximate surface area is 172 Å². The van der Waals surface area contributed by atoms with Gasteiger partial charge in [0.1, 0.15) is 17.2 Å². The minimum Gasteiger partial charge on any atom is -0.457 e. The summed E-state index contributed by atoms with van der Waals surface area (Å²) < 4.78 is 34.2. The molecule has 0 atom stereocenters. The summed E-state index contributed by atoms with van der Waals surface area (Å²) in [5, 5.41) is 2.25. The third-order valence-corrected chi connectivity index (χ3v) is 4.55. The number of hydrogen-bond acceptors (Lipinski definition) is 4. The number of carbonyl (C=O) groups is 3. The van der Waals surface area contributed by atoms with Crippen molar-refractivity contribution >= 4 is 29.1 Å². The lowest BCUT2D eigenvalue weighted by atomic mass is 9.95. The highest BCUT2D eigenvalue weighted by molar-refractivity contribution is 6.16. The van der Waals surface area contributed by atoms with E-state index in [1.54, 1.807) is 20.8 Å². The first-order chi connectivity index (χ1) is 14.1. The summed E-state index contributed by atoms with van der Waals surface area (Å²) in [6.45, 7) is 4.89. The lowest BCUT2D eigenvalue weighted by Crippen LogP contribution is -2.40. The predicted octanol–water partition coefficient (Wildman–Crippen LogP) is 4.79. The Bertz CT molecular complexity index is 958. The van der Waals surface area contributed by atoms with Crippen LogP contribution in [0.3, 0.4) is 0 Å². The molecule has 2 aromatic carbocycles. The number of rotatable bonds is 4. The summed E-state index contributed by atoms with van der Waals surface area (Å²) in [7, 11) is 0. The highest BCUT2D eigenvalue weighted by atomic mass is 19.1. The van der Waals surface area contributed by atoms with Gasteiger partial charge in [0.25, 0.3) is 0 Å². The number of carbonyl (C=O) groups excluding carboxylic acids is 3. The molecule has 0 aliphatic carbocycles. The van der Waals surface area contributed by atoms with Gasteiger partial charge in [0.05, 0.1) is 5.69 Å². The number of piperidine rings is 1. The van der Waals surface area contributed by atoms with Crippen molar-refractivity contribution in [3.8, 4) is 11.5 Å². The van der Waals surface area contributed by atoms with Crippen LogP contribution in [0.4, 0.5) is 20.2 Å². The van der Waals surface area contributed by atoms with E-state index in [1.807, 2.05) is 0 Å². The summed E-state index contributed by atoms with van der Waals surface area (Å²) in [5.41, 5.74) is -0.943. The molecule has 8 heteroatoms. The number of anilines is 2. The lowest BCUT2D eigenvalue weighted by molar-refractivity contribution is -0.129. The molecule has 3 amide bonds. The highest BCUT2D eigenvalue weighted by Gasteiger charge is 2.27. The second kappa shape index (κ2) is 8.22. The molecule has 158 valence electrons. The number of benzene rings is 2. The zero-order valence-electron chi connectivity index (χ0n) is 16.9. The van der Waals surface area contributed by atoms with E-state index in [0.717, 1.165) is 17.0 Å². The highest BCUT2D eigenvalue weighted by Crippen LogP contribution is 2.31. The van der Waals surface area contributed by atoms with Gasteiger partial charge in [0.2, 0.25) is 17.7 Å². The summed E-state index contributed by atoms with van der Waals surface area (Å²) in [4.78, 5) is 37.1. The smallest absolute Gasteiger partial charge is 0.233 e. The molecule has 0 unspecified atom stereocenters. The van der Waals surface area contributed by atoms with Crippen LogP contribution in [0.1, 0.15) is 40.0 Å². The van der Waals surface area contributed by atoms with Crippen LogP contribution in [0.5, 0.6) is 11.5 Å². The molecule has 1 saturated heterocycles. The Balaban J connectivity index is 1.76. The first-order valence-corrected chi connectivity index (χ1v) is 9.50. The topological polar surface area (TPSA) is 75.7 Å². The summed E-state index contributed by atoms with van der Waals surface area (Å²) in [6.07, 6.45) is 1.15. The molecule has 0 aromatic heterocycles. The van der Waals surface area contributed by atoms with Crippen molar-refractivity contribution in [1.29, 1.82) is 0 Å². The fraction of sp³-hybridized carbons (Fsp3) is 0.318. The third-order valence-electron chi connectivity index (χ3n) is 4.55. The molecular formula is C22H22F2N2O4. The van der Waals surface area contributed by atoms with Gasteiger partial charge in [-0.3, -0.25) is 19.3 Å². The second-order valence-corrected chi connectivity index (χ2v) is 8.04. The van der Waals surface area contributed by atoms with E-state index in [1.165, 1.54) is 24.3 Å². The van der Waals surface area contributed by atoms with E-state index in [4.69, 9.17) is 4.74 Å². The molecule has 1 fully saturated rings. The van der Waals surface area contributed by atoms with Crippen molar-refractivity contribution in [3.05, 3.63) is 48.0 Å². The van der Waals surface area contributed by atoms with Gasteiger partial charge in [-0.1, -0.05) is 20.8 Å². The van der Waals surface area contributed by atoms with Crippen LogP contribution in [-0.4, -0.2) is 17.7 Å². The first kappa shape index (κ1) is 21.4.